The number of hydrogen-bond donors (Lipinski definition) is 0. The van der Waals surface area contributed by atoms with Gasteiger partial charge in [-0.3, -0.25) is 0 Å². The summed E-state index contributed by atoms with van der Waals surface area (Å²) >= 11 is 0. The highest BCUT2D eigenvalue weighted by atomic mass is 16.6. The van der Waals surface area contributed by atoms with Gasteiger partial charge in [-0.1, -0.05) is 35.5 Å². The Labute approximate surface area is 142 Å². The second-order valence-electron chi connectivity index (χ2n) is 6.52. The van der Waals surface area contributed by atoms with E-state index >= 15 is 0 Å². The van der Waals surface area contributed by atoms with Crippen molar-refractivity contribution in [2.75, 3.05) is 32.8 Å². The topological polar surface area (TPSA) is 47.7 Å². The number of rotatable bonds is 5. The number of hydrogen-bond acceptors (Lipinski definition) is 5. The van der Waals surface area contributed by atoms with Crippen molar-refractivity contribution in [1.82, 2.24) is 10.1 Å². The van der Waals surface area contributed by atoms with E-state index in [-0.39, 0.29) is 12.2 Å². The number of benzene rings is 1. The van der Waals surface area contributed by atoms with Gasteiger partial charge in [0.2, 0.25) is 0 Å². The quantitative estimate of drug-likeness (QED) is 0.843. The second-order valence-corrected chi connectivity index (χ2v) is 6.52. The van der Waals surface area contributed by atoms with E-state index in [9.17, 15) is 0 Å². The summed E-state index contributed by atoms with van der Waals surface area (Å²) in [6.45, 7) is 4.73. The van der Waals surface area contributed by atoms with E-state index in [0.717, 1.165) is 30.0 Å². The Hall–Kier alpha value is -1.69. The zero-order valence-electron chi connectivity index (χ0n) is 13.9. The molecule has 2 aliphatic heterocycles. The van der Waals surface area contributed by atoms with Gasteiger partial charge in [0.05, 0.1) is 19.3 Å². The SMILES string of the molecule is c1ccc(-c2cc(C3OCCOC3CCN3CCCC3)on2)cc1. The fraction of sp³-hybridized carbons (Fsp3) is 0.526. The molecule has 2 fully saturated rings. The van der Waals surface area contributed by atoms with Gasteiger partial charge in [-0.15, -0.1) is 0 Å². The molecule has 0 saturated carbocycles. The summed E-state index contributed by atoms with van der Waals surface area (Å²) in [4.78, 5) is 2.50. The predicted octanol–water partition coefficient (Wildman–Crippen LogP) is 3.28. The fourth-order valence-corrected chi connectivity index (χ4v) is 3.55. The first-order valence-corrected chi connectivity index (χ1v) is 8.88. The Balaban J connectivity index is 1.45. The van der Waals surface area contributed by atoms with Crippen LogP contribution in [-0.2, 0) is 9.47 Å². The Bertz CT molecular complexity index is 637. The molecule has 4 rings (SSSR count). The van der Waals surface area contributed by atoms with Gasteiger partial charge >= 0.3 is 0 Å². The molecule has 5 heteroatoms. The third-order valence-corrected chi connectivity index (χ3v) is 4.86. The molecule has 2 atom stereocenters. The Morgan fingerprint density at radius 2 is 1.83 bits per heavy atom. The highest BCUT2D eigenvalue weighted by Gasteiger charge is 2.32. The lowest BCUT2D eigenvalue weighted by atomic mass is 10.0. The van der Waals surface area contributed by atoms with Crippen molar-refractivity contribution in [3.05, 3.63) is 42.2 Å². The van der Waals surface area contributed by atoms with Gasteiger partial charge in [-0.05, 0) is 32.4 Å². The third-order valence-electron chi connectivity index (χ3n) is 4.86. The largest absolute Gasteiger partial charge is 0.373 e. The molecule has 2 aliphatic rings. The van der Waals surface area contributed by atoms with Crippen LogP contribution in [0.4, 0.5) is 0 Å². The molecule has 0 N–H and O–H groups in total. The van der Waals surface area contributed by atoms with Gasteiger partial charge in [0, 0.05) is 18.2 Å². The second kappa shape index (κ2) is 7.47. The van der Waals surface area contributed by atoms with E-state index in [4.69, 9.17) is 14.0 Å². The average molecular weight is 328 g/mol. The van der Waals surface area contributed by atoms with Crippen molar-refractivity contribution in [1.29, 1.82) is 0 Å². The minimum Gasteiger partial charge on any atom is -0.373 e. The summed E-state index contributed by atoms with van der Waals surface area (Å²) < 4.78 is 17.5. The van der Waals surface area contributed by atoms with Crippen LogP contribution in [0, 0.1) is 0 Å². The van der Waals surface area contributed by atoms with Crippen LogP contribution in [0.25, 0.3) is 11.3 Å². The molecule has 0 amide bonds. The van der Waals surface area contributed by atoms with Crippen molar-refractivity contribution in [3.63, 3.8) is 0 Å². The van der Waals surface area contributed by atoms with Gasteiger partial charge in [-0.2, -0.15) is 0 Å². The maximum absolute atomic E-state index is 5.98. The van der Waals surface area contributed by atoms with Crippen molar-refractivity contribution >= 4 is 0 Å². The van der Waals surface area contributed by atoms with Crippen LogP contribution in [0.2, 0.25) is 0 Å². The molecule has 0 radical (unpaired) electrons. The Morgan fingerprint density at radius 1 is 1.04 bits per heavy atom. The summed E-state index contributed by atoms with van der Waals surface area (Å²) in [5, 5.41) is 4.21. The first-order chi connectivity index (χ1) is 11.9. The minimum atomic E-state index is -0.161. The monoisotopic (exact) mass is 328 g/mol. The number of aromatic nitrogens is 1. The molecule has 1 aromatic carbocycles. The van der Waals surface area contributed by atoms with E-state index < -0.39 is 0 Å². The van der Waals surface area contributed by atoms with Gasteiger partial charge in [0.15, 0.2) is 5.76 Å². The lowest BCUT2D eigenvalue weighted by molar-refractivity contribution is -0.153. The van der Waals surface area contributed by atoms with Crippen LogP contribution >= 0.6 is 0 Å². The molecule has 24 heavy (non-hydrogen) atoms. The molecule has 5 nitrogen and oxygen atoms in total. The zero-order chi connectivity index (χ0) is 16.2. The van der Waals surface area contributed by atoms with Crippen LogP contribution in [-0.4, -0.2) is 49.0 Å². The summed E-state index contributed by atoms with van der Waals surface area (Å²) in [6, 6.07) is 12.1. The van der Waals surface area contributed by atoms with Crippen molar-refractivity contribution in [2.45, 2.75) is 31.5 Å². The first-order valence-electron chi connectivity index (χ1n) is 8.88. The van der Waals surface area contributed by atoms with Crippen LogP contribution in [0.1, 0.15) is 31.1 Å². The molecule has 0 aliphatic carbocycles. The van der Waals surface area contributed by atoms with Crippen molar-refractivity contribution in [2.24, 2.45) is 0 Å². The summed E-state index contributed by atoms with van der Waals surface area (Å²) in [5.41, 5.74) is 1.90. The van der Waals surface area contributed by atoms with E-state index in [1.165, 1.54) is 25.9 Å². The zero-order valence-corrected chi connectivity index (χ0v) is 13.9. The standard InChI is InChI=1S/C19H24N2O3/c1-2-6-15(7-3-1)16-14-18(24-20-16)19-17(22-12-13-23-19)8-11-21-9-4-5-10-21/h1-3,6-7,14,17,19H,4-5,8-13H2. The molecule has 0 spiro atoms. The van der Waals surface area contributed by atoms with Gasteiger partial charge in [0.1, 0.15) is 11.8 Å². The van der Waals surface area contributed by atoms with Crippen LogP contribution in [0.15, 0.2) is 40.9 Å². The molecular formula is C19H24N2O3. The minimum absolute atomic E-state index is 0.0379. The number of nitrogens with zero attached hydrogens (tertiary/aromatic N) is 2. The van der Waals surface area contributed by atoms with E-state index in [0.29, 0.717) is 13.2 Å². The lowest BCUT2D eigenvalue weighted by Crippen LogP contribution is -2.35. The number of likely N-dealkylation sites (tertiary alicyclic amines) is 1. The van der Waals surface area contributed by atoms with E-state index in [2.05, 4.69) is 10.1 Å². The van der Waals surface area contributed by atoms with Crippen molar-refractivity contribution < 1.29 is 14.0 Å². The summed E-state index contributed by atoms with van der Waals surface area (Å²) in [7, 11) is 0. The normalized spacial score (nSPS) is 25.2. The van der Waals surface area contributed by atoms with Gasteiger partial charge < -0.3 is 18.9 Å². The molecule has 2 saturated heterocycles. The molecule has 1 aromatic heterocycles. The number of ether oxygens (including phenoxy) is 2. The lowest BCUT2D eigenvalue weighted by Gasteiger charge is -2.31. The summed E-state index contributed by atoms with van der Waals surface area (Å²) in [5.74, 6) is 0.764. The Morgan fingerprint density at radius 3 is 2.67 bits per heavy atom. The fourth-order valence-electron chi connectivity index (χ4n) is 3.55. The molecule has 3 heterocycles. The average Bonchev–Trinajstić information content (AvgIpc) is 3.33. The van der Waals surface area contributed by atoms with E-state index in [1.54, 1.807) is 0 Å². The van der Waals surface area contributed by atoms with Crippen LogP contribution in [0.5, 0.6) is 0 Å². The molecule has 128 valence electrons. The van der Waals surface area contributed by atoms with Crippen LogP contribution < -0.4 is 0 Å². The molecule has 2 unspecified atom stereocenters. The van der Waals surface area contributed by atoms with Crippen LogP contribution in [0.3, 0.4) is 0 Å². The molecule has 0 bridgehead atoms. The maximum atomic E-state index is 5.98. The van der Waals surface area contributed by atoms with Gasteiger partial charge in [0.25, 0.3) is 0 Å². The smallest absolute Gasteiger partial charge is 0.168 e. The molecule has 2 aromatic rings. The van der Waals surface area contributed by atoms with E-state index in [1.807, 2.05) is 36.4 Å². The highest BCUT2D eigenvalue weighted by molar-refractivity contribution is 5.58. The maximum Gasteiger partial charge on any atom is 0.168 e. The summed E-state index contributed by atoms with van der Waals surface area (Å²) in [6.07, 6.45) is 3.47. The Kier molecular flexibility index (Phi) is 4.92. The predicted molar refractivity (Wildman–Crippen MR) is 90.7 cm³/mol. The van der Waals surface area contributed by atoms with Gasteiger partial charge in [-0.25, -0.2) is 0 Å². The van der Waals surface area contributed by atoms with Crippen molar-refractivity contribution in [3.8, 4) is 11.3 Å². The third kappa shape index (κ3) is 3.53. The molecular weight excluding hydrogens is 304 g/mol. The first kappa shape index (κ1) is 15.8. The highest BCUT2D eigenvalue weighted by Crippen LogP contribution is 2.31.